The molecule has 2 aliphatic rings. The van der Waals surface area contributed by atoms with E-state index in [1.54, 1.807) is 16.5 Å². The lowest BCUT2D eigenvalue weighted by molar-refractivity contribution is 0.391. The summed E-state index contributed by atoms with van der Waals surface area (Å²) in [5.74, 6) is 1.63. The third-order valence-corrected chi connectivity index (χ3v) is 6.78. The Morgan fingerprint density at radius 2 is 1.29 bits per heavy atom. The molecule has 0 saturated heterocycles. The fourth-order valence-electron chi connectivity index (χ4n) is 5.06. The molecule has 4 aromatic carbocycles. The van der Waals surface area contributed by atoms with E-state index in [1.165, 1.54) is 65.5 Å². The lowest BCUT2D eigenvalue weighted by Crippen LogP contribution is -2.17. The van der Waals surface area contributed by atoms with Crippen molar-refractivity contribution >= 4 is 32.3 Å². The monoisotopic (exact) mass is 310 g/mol. The normalized spacial score (nSPS) is 19.2. The topological polar surface area (TPSA) is 0 Å². The van der Waals surface area contributed by atoms with Crippen molar-refractivity contribution in [3.05, 3.63) is 59.7 Å². The summed E-state index contributed by atoms with van der Waals surface area (Å²) in [5.41, 5.74) is 3.41. The Balaban J connectivity index is 1.79. The Morgan fingerprint density at radius 1 is 0.625 bits per heavy atom. The largest absolute Gasteiger partial charge is 0.0610 e. The van der Waals surface area contributed by atoms with Gasteiger partial charge in [-0.05, 0) is 81.0 Å². The van der Waals surface area contributed by atoms with Crippen LogP contribution < -0.4 is 0 Å². The number of rotatable bonds is 2. The molecular weight excluding hydrogens is 288 g/mol. The van der Waals surface area contributed by atoms with Crippen molar-refractivity contribution in [2.75, 3.05) is 0 Å². The van der Waals surface area contributed by atoms with Gasteiger partial charge in [0.2, 0.25) is 0 Å². The Labute approximate surface area is 142 Å². The van der Waals surface area contributed by atoms with Crippen LogP contribution in [0.3, 0.4) is 0 Å². The maximum Gasteiger partial charge on any atom is -0.00237 e. The summed E-state index contributed by atoms with van der Waals surface area (Å²) in [7, 11) is 0. The minimum atomic E-state index is 0.810. The van der Waals surface area contributed by atoms with Gasteiger partial charge in [0.1, 0.15) is 0 Å². The third kappa shape index (κ3) is 1.64. The molecule has 2 aliphatic carbocycles. The third-order valence-electron chi connectivity index (χ3n) is 6.78. The van der Waals surface area contributed by atoms with E-state index in [0.717, 1.165) is 11.8 Å². The first kappa shape index (κ1) is 13.2. The molecule has 0 heterocycles. The minimum Gasteiger partial charge on any atom is -0.0610 e. The van der Waals surface area contributed by atoms with Gasteiger partial charge in [0.15, 0.2) is 0 Å². The van der Waals surface area contributed by atoms with Crippen molar-refractivity contribution in [3.63, 3.8) is 0 Å². The van der Waals surface area contributed by atoms with Crippen LogP contribution in [0.1, 0.15) is 61.5 Å². The predicted octanol–water partition coefficient (Wildman–Crippen LogP) is 7.12. The molecule has 0 spiro atoms. The molecule has 0 aliphatic heterocycles. The Bertz CT molecular complexity index is 1050. The van der Waals surface area contributed by atoms with Gasteiger partial charge in [0.25, 0.3) is 0 Å². The van der Waals surface area contributed by atoms with E-state index in [4.69, 9.17) is 0 Å². The van der Waals surface area contributed by atoms with E-state index in [0.29, 0.717) is 0 Å². The molecule has 0 atom stereocenters. The zero-order chi connectivity index (χ0) is 15.7. The van der Waals surface area contributed by atoms with Crippen LogP contribution in [0.4, 0.5) is 0 Å². The summed E-state index contributed by atoms with van der Waals surface area (Å²) in [4.78, 5) is 0. The van der Waals surface area contributed by atoms with Crippen LogP contribution in [0.2, 0.25) is 0 Å². The van der Waals surface area contributed by atoms with Gasteiger partial charge in [-0.2, -0.15) is 0 Å². The maximum atomic E-state index is 2.56. The van der Waals surface area contributed by atoms with Gasteiger partial charge >= 0.3 is 0 Å². The van der Waals surface area contributed by atoms with Gasteiger partial charge in [0.05, 0.1) is 0 Å². The van der Waals surface area contributed by atoms with Crippen LogP contribution in [-0.4, -0.2) is 0 Å². The molecule has 0 unspecified atom stereocenters. The molecule has 24 heavy (non-hydrogen) atoms. The van der Waals surface area contributed by atoms with Crippen LogP contribution in [0.25, 0.3) is 32.3 Å². The van der Waals surface area contributed by atoms with Crippen LogP contribution >= 0.6 is 0 Å². The molecule has 6 rings (SSSR count). The second-order valence-corrected chi connectivity index (χ2v) is 7.99. The minimum absolute atomic E-state index is 0.810. The van der Waals surface area contributed by atoms with Crippen molar-refractivity contribution < 1.29 is 0 Å². The van der Waals surface area contributed by atoms with Gasteiger partial charge in [-0.25, -0.2) is 0 Å². The second kappa shape index (κ2) is 4.72. The fraction of sp³-hybridized carbons (Fsp3) is 0.333. The SMILES string of the molecule is c1cc2ccc3cc(C4CCC4)c(C4CCC4)c4ccc(c1)c2c34. The van der Waals surface area contributed by atoms with E-state index in [-0.39, 0.29) is 0 Å². The number of benzene rings is 4. The Morgan fingerprint density at radius 3 is 1.96 bits per heavy atom. The van der Waals surface area contributed by atoms with Crippen molar-refractivity contribution in [1.29, 1.82) is 0 Å². The first-order chi connectivity index (χ1) is 11.9. The zero-order valence-electron chi connectivity index (χ0n) is 14.0. The van der Waals surface area contributed by atoms with Gasteiger partial charge in [-0.3, -0.25) is 0 Å². The highest BCUT2D eigenvalue weighted by atomic mass is 14.3. The van der Waals surface area contributed by atoms with Gasteiger partial charge < -0.3 is 0 Å². The molecule has 4 aromatic rings. The van der Waals surface area contributed by atoms with E-state index in [9.17, 15) is 0 Å². The van der Waals surface area contributed by atoms with E-state index >= 15 is 0 Å². The van der Waals surface area contributed by atoms with E-state index in [1.807, 2.05) is 0 Å². The lowest BCUT2D eigenvalue weighted by atomic mass is 9.69. The average Bonchev–Trinajstić information content (AvgIpc) is 2.51. The Hall–Kier alpha value is -2.08. The van der Waals surface area contributed by atoms with E-state index in [2.05, 4.69) is 48.5 Å². The van der Waals surface area contributed by atoms with Crippen LogP contribution in [0.15, 0.2) is 48.5 Å². The van der Waals surface area contributed by atoms with Crippen molar-refractivity contribution in [3.8, 4) is 0 Å². The molecular formula is C24H22. The molecule has 0 bridgehead atoms. The van der Waals surface area contributed by atoms with Crippen molar-refractivity contribution in [2.24, 2.45) is 0 Å². The van der Waals surface area contributed by atoms with Crippen LogP contribution in [-0.2, 0) is 0 Å². The molecule has 118 valence electrons. The highest BCUT2D eigenvalue weighted by Gasteiger charge is 2.30. The molecule has 2 saturated carbocycles. The molecule has 0 N–H and O–H groups in total. The van der Waals surface area contributed by atoms with Gasteiger partial charge in [-0.1, -0.05) is 61.4 Å². The first-order valence-corrected chi connectivity index (χ1v) is 9.60. The predicted molar refractivity (Wildman–Crippen MR) is 103 cm³/mol. The van der Waals surface area contributed by atoms with E-state index < -0.39 is 0 Å². The highest BCUT2D eigenvalue weighted by Crippen LogP contribution is 2.50. The quantitative estimate of drug-likeness (QED) is 0.346. The molecule has 0 aromatic heterocycles. The highest BCUT2D eigenvalue weighted by molar-refractivity contribution is 6.23. The van der Waals surface area contributed by atoms with Gasteiger partial charge in [-0.15, -0.1) is 0 Å². The molecule has 0 nitrogen and oxygen atoms in total. The summed E-state index contributed by atoms with van der Waals surface area (Å²) >= 11 is 0. The molecule has 0 radical (unpaired) electrons. The molecule has 0 amide bonds. The summed E-state index contributed by atoms with van der Waals surface area (Å²) < 4.78 is 0. The van der Waals surface area contributed by atoms with Crippen molar-refractivity contribution in [2.45, 2.75) is 50.4 Å². The fourth-order valence-corrected chi connectivity index (χ4v) is 5.06. The molecule has 0 heteroatoms. The average molecular weight is 310 g/mol. The summed E-state index contributed by atoms with van der Waals surface area (Å²) in [6.45, 7) is 0. The standard InChI is InChI=1S/C24H22/c1-4-15(5-1)21-14-19-11-10-17-8-3-9-18-12-13-20(24(19)22(17)18)23(21)16-6-2-7-16/h3,8-16H,1-2,4-7H2. The zero-order valence-corrected chi connectivity index (χ0v) is 14.0. The summed E-state index contributed by atoms with van der Waals surface area (Å²) in [6, 6.07) is 18.7. The summed E-state index contributed by atoms with van der Waals surface area (Å²) in [5, 5.41) is 8.80. The van der Waals surface area contributed by atoms with Gasteiger partial charge in [0, 0.05) is 0 Å². The van der Waals surface area contributed by atoms with Crippen LogP contribution in [0, 0.1) is 0 Å². The summed E-state index contributed by atoms with van der Waals surface area (Å²) in [6.07, 6.45) is 8.41. The lowest BCUT2D eigenvalue weighted by Gasteiger charge is -2.35. The second-order valence-electron chi connectivity index (χ2n) is 7.99. The smallest absolute Gasteiger partial charge is 0.00237 e. The van der Waals surface area contributed by atoms with Crippen LogP contribution in [0.5, 0.6) is 0 Å². The Kier molecular flexibility index (Phi) is 2.61. The maximum absolute atomic E-state index is 2.56. The first-order valence-electron chi connectivity index (χ1n) is 9.60. The van der Waals surface area contributed by atoms with Crippen molar-refractivity contribution in [1.82, 2.24) is 0 Å². The number of hydrogen-bond acceptors (Lipinski definition) is 0. The molecule has 2 fully saturated rings. The number of hydrogen-bond donors (Lipinski definition) is 0.